The van der Waals surface area contributed by atoms with Crippen molar-refractivity contribution in [2.45, 2.75) is 0 Å². The first kappa shape index (κ1) is 7.50. The average molecular weight is 181 g/mol. The van der Waals surface area contributed by atoms with Crippen LogP contribution in [0.25, 0.3) is 0 Å². The van der Waals surface area contributed by atoms with E-state index >= 15 is 0 Å². The van der Waals surface area contributed by atoms with Crippen LogP contribution >= 0.6 is 23.4 Å². The lowest BCUT2D eigenvalue weighted by Gasteiger charge is -2.16. The summed E-state index contributed by atoms with van der Waals surface area (Å²) < 4.78 is 1.01. The van der Waals surface area contributed by atoms with Crippen molar-refractivity contribution < 1.29 is 0 Å². The Balaban J connectivity index is 2.72. The number of hydrogen-bond donors (Lipinski definition) is 2. The maximum Gasteiger partial charge on any atom is 0.152 e. The zero-order chi connectivity index (χ0) is 7.56. The number of halogens is 2. The van der Waals surface area contributed by atoms with Crippen molar-refractivity contribution in [1.82, 2.24) is 15.4 Å². The van der Waals surface area contributed by atoms with Gasteiger partial charge in [0, 0.05) is 13.1 Å². The number of nitrogens with zero attached hydrogens (tertiary/aromatic N) is 2. The molecule has 0 unspecified atom stereocenters. The third-order valence-corrected chi connectivity index (χ3v) is 1.27. The van der Waals surface area contributed by atoms with Crippen LogP contribution in [0.2, 0.25) is 0 Å². The standard InChI is InChI=1S/C4H6Cl2N4/c1-7-4-2-3(5)8-10(6)9-4/h2,8H,1H3,(H,7,9). The van der Waals surface area contributed by atoms with Crippen LogP contribution in [0.1, 0.15) is 0 Å². The highest BCUT2D eigenvalue weighted by atomic mass is 35.5. The summed E-state index contributed by atoms with van der Waals surface area (Å²) >= 11 is 11.0. The van der Waals surface area contributed by atoms with Crippen LogP contribution in [0.4, 0.5) is 0 Å². The molecule has 10 heavy (non-hydrogen) atoms. The zero-order valence-electron chi connectivity index (χ0n) is 5.23. The van der Waals surface area contributed by atoms with Gasteiger partial charge in [-0.15, -0.1) is 9.74 Å². The molecule has 0 amide bonds. The number of hydrogen-bond acceptors (Lipinski definition) is 4. The molecule has 0 aliphatic carbocycles. The van der Waals surface area contributed by atoms with Crippen molar-refractivity contribution >= 4 is 29.2 Å². The van der Waals surface area contributed by atoms with Crippen molar-refractivity contribution in [3.63, 3.8) is 0 Å². The fourth-order valence-electron chi connectivity index (χ4n) is 0.511. The third kappa shape index (κ3) is 1.68. The van der Waals surface area contributed by atoms with E-state index in [2.05, 4.69) is 15.8 Å². The first-order valence-electron chi connectivity index (χ1n) is 2.58. The van der Waals surface area contributed by atoms with Gasteiger partial charge in [-0.3, -0.25) is 5.43 Å². The van der Waals surface area contributed by atoms with Gasteiger partial charge in [-0.25, -0.2) is 0 Å². The van der Waals surface area contributed by atoms with Crippen LogP contribution in [0, 0.1) is 0 Å². The quantitative estimate of drug-likeness (QED) is 0.424. The molecule has 0 bridgehead atoms. The van der Waals surface area contributed by atoms with Gasteiger partial charge >= 0.3 is 0 Å². The van der Waals surface area contributed by atoms with Crippen LogP contribution in [0.5, 0.6) is 0 Å². The van der Waals surface area contributed by atoms with Crippen LogP contribution < -0.4 is 10.7 Å². The molecule has 1 heterocycles. The molecular formula is C4H6Cl2N4. The van der Waals surface area contributed by atoms with Gasteiger partial charge in [0.05, 0.1) is 11.8 Å². The first-order chi connectivity index (χ1) is 4.72. The maximum atomic E-state index is 5.59. The minimum absolute atomic E-state index is 0.425. The predicted octanol–water partition coefficient (Wildman–Crippen LogP) is 0.574. The summed E-state index contributed by atoms with van der Waals surface area (Å²) in [6.07, 6.45) is 1.63. The third-order valence-electron chi connectivity index (χ3n) is 0.914. The van der Waals surface area contributed by atoms with Crippen molar-refractivity contribution in [3.05, 3.63) is 11.2 Å². The number of likely N-dealkylation sites (N-methyl/N-ethyl adjacent to an activating group) is 1. The van der Waals surface area contributed by atoms with Crippen LogP contribution in [-0.4, -0.2) is 17.5 Å². The summed E-state index contributed by atoms with van der Waals surface area (Å²) in [6.45, 7) is 0. The lowest BCUT2D eigenvalue weighted by molar-refractivity contribution is 0.403. The molecule has 0 aromatic heterocycles. The van der Waals surface area contributed by atoms with Crippen LogP contribution in [0.15, 0.2) is 16.3 Å². The highest BCUT2D eigenvalue weighted by Gasteiger charge is 2.06. The molecule has 0 saturated carbocycles. The Morgan fingerprint density at radius 1 is 1.80 bits per heavy atom. The highest BCUT2D eigenvalue weighted by molar-refractivity contribution is 6.31. The summed E-state index contributed by atoms with van der Waals surface area (Å²) in [5.41, 5.74) is 2.54. The summed E-state index contributed by atoms with van der Waals surface area (Å²) in [7, 11) is 1.73. The van der Waals surface area contributed by atoms with E-state index in [1.807, 2.05) is 0 Å². The van der Waals surface area contributed by atoms with Crippen molar-refractivity contribution in [1.29, 1.82) is 0 Å². The van der Waals surface area contributed by atoms with Gasteiger partial charge in [0.15, 0.2) is 5.84 Å². The Hall–Kier alpha value is -0.610. The monoisotopic (exact) mass is 180 g/mol. The van der Waals surface area contributed by atoms with E-state index in [1.54, 1.807) is 13.1 Å². The van der Waals surface area contributed by atoms with E-state index in [0.29, 0.717) is 11.0 Å². The van der Waals surface area contributed by atoms with E-state index < -0.39 is 0 Å². The van der Waals surface area contributed by atoms with Gasteiger partial charge in [-0.05, 0) is 0 Å². The predicted molar refractivity (Wildman–Crippen MR) is 41.3 cm³/mol. The summed E-state index contributed by atoms with van der Waals surface area (Å²) in [6, 6.07) is 0. The fourth-order valence-corrected chi connectivity index (χ4v) is 0.910. The SMILES string of the molecule is CNC1=NN(Cl)NC(Cl)=C1. The molecule has 56 valence electrons. The molecule has 2 N–H and O–H groups in total. The van der Waals surface area contributed by atoms with Gasteiger partial charge in [-0.1, -0.05) is 11.6 Å². The minimum atomic E-state index is 0.425. The molecule has 0 spiro atoms. The Morgan fingerprint density at radius 3 is 3.00 bits per heavy atom. The summed E-state index contributed by atoms with van der Waals surface area (Å²) in [4.78, 5) is 0. The molecular weight excluding hydrogens is 175 g/mol. The number of nitrogens with one attached hydrogen (secondary N) is 2. The van der Waals surface area contributed by atoms with Gasteiger partial charge in [0.25, 0.3) is 0 Å². The second-order valence-electron chi connectivity index (χ2n) is 1.60. The Morgan fingerprint density at radius 2 is 2.50 bits per heavy atom. The van der Waals surface area contributed by atoms with E-state index in [9.17, 15) is 0 Å². The highest BCUT2D eigenvalue weighted by Crippen LogP contribution is 2.05. The number of amidine groups is 1. The molecule has 4 nitrogen and oxygen atoms in total. The van der Waals surface area contributed by atoms with Crippen molar-refractivity contribution in [2.24, 2.45) is 5.10 Å². The van der Waals surface area contributed by atoms with E-state index in [4.69, 9.17) is 23.4 Å². The van der Waals surface area contributed by atoms with Crippen LogP contribution in [0.3, 0.4) is 0 Å². The average Bonchev–Trinajstić information content (AvgIpc) is 1.85. The lowest BCUT2D eigenvalue weighted by atomic mass is 10.5. The smallest absolute Gasteiger partial charge is 0.152 e. The van der Waals surface area contributed by atoms with Gasteiger partial charge in [0.1, 0.15) is 5.16 Å². The lowest BCUT2D eigenvalue weighted by Crippen LogP contribution is -2.32. The van der Waals surface area contributed by atoms with Gasteiger partial charge < -0.3 is 5.32 Å². The number of hydrazone groups is 1. The zero-order valence-corrected chi connectivity index (χ0v) is 6.74. The maximum absolute atomic E-state index is 5.59. The summed E-state index contributed by atoms with van der Waals surface area (Å²) in [5.74, 6) is 0.610. The van der Waals surface area contributed by atoms with E-state index in [0.717, 1.165) is 4.64 Å². The molecule has 0 fully saturated rings. The van der Waals surface area contributed by atoms with E-state index in [1.165, 1.54) is 0 Å². The second-order valence-corrected chi connectivity index (χ2v) is 2.33. The van der Waals surface area contributed by atoms with Crippen LogP contribution in [-0.2, 0) is 0 Å². The van der Waals surface area contributed by atoms with Crippen molar-refractivity contribution in [2.75, 3.05) is 7.05 Å². The topological polar surface area (TPSA) is 39.7 Å². The van der Waals surface area contributed by atoms with Gasteiger partial charge in [0.2, 0.25) is 0 Å². The molecule has 0 saturated heterocycles. The first-order valence-corrected chi connectivity index (χ1v) is 3.30. The molecule has 0 aromatic rings. The fraction of sp³-hybridized carbons (Fsp3) is 0.250. The largest absolute Gasteiger partial charge is 0.372 e. The molecule has 1 aliphatic heterocycles. The van der Waals surface area contributed by atoms with Gasteiger partial charge in [-0.2, -0.15) is 0 Å². The minimum Gasteiger partial charge on any atom is -0.372 e. The molecule has 1 rings (SSSR count). The van der Waals surface area contributed by atoms with Crippen molar-refractivity contribution in [3.8, 4) is 0 Å². The Labute approximate surface area is 68.6 Å². The molecule has 6 heteroatoms. The number of rotatable bonds is 0. The Bertz CT molecular complexity index is 188. The van der Waals surface area contributed by atoms with E-state index in [-0.39, 0.29) is 0 Å². The number of hydrazine groups is 1. The summed E-state index contributed by atoms with van der Waals surface area (Å²) in [5, 5.41) is 7.00. The molecule has 0 radical (unpaired) electrons. The normalized spacial score (nSPS) is 17.3. The molecule has 1 aliphatic rings. The second kappa shape index (κ2) is 2.98. The molecule has 0 aromatic carbocycles. The Kier molecular flexibility index (Phi) is 2.24. The molecule has 0 atom stereocenters.